The number of anilines is 2. The molecule has 98 valence electrons. The highest BCUT2D eigenvalue weighted by atomic mass is 16.6. The fraction of sp³-hybridized carbons (Fsp3) is 0.538. The van der Waals surface area contributed by atoms with E-state index in [-0.39, 0.29) is 16.7 Å². The molecular formula is C13H19N3O2. The van der Waals surface area contributed by atoms with Crippen molar-refractivity contribution in [3.8, 4) is 0 Å². The summed E-state index contributed by atoms with van der Waals surface area (Å²) in [5, 5.41) is 17.7. The Morgan fingerprint density at radius 2 is 2.17 bits per heavy atom. The number of rotatable bonds is 5. The van der Waals surface area contributed by atoms with Gasteiger partial charge in [-0.2, -0.15) is 0 Å². The normalized spacial score (nSPS) is 13.3. The van der Waals surface area contributed by atoms with Crippen LogP contribution in [-0.2, 0) is 6.42 Å². The topological polar surface area (TPSA) is 67.2 Å². The van der Waals surface area contributed by atoms with Crippen LogP contribution in [0, 0.1) is 10.1 Å². The fourth-order valence-corrected chi connectivity index (χ4v) is 2.39. The van der Waals surface area contributed by atoms with E-state index >= 15 is 0 Å². The molecule has 1 aromatic rings. The van der Waals surface area contributed by atoms with E-state index in [0.29, 0.717) is 5.69 Å². The summed E-state index contributed by atoms with van der Waals surface area (Å²) in [5.74, 6) is 0. The summed E-state index contributed by atoms with van der Waals surface area (Å²) in [6, 6.07) is 3.68. The summed E-state index contributed by atoms with van der Waals surface area (Å²) in [6.07, 6.45) is 2.77. The molecule has 0 spiro atoms. The number of hydrogen-bond acceptors (Lipinski definition) is 4. The van der Waals surface area contributed by atoms with Crippen molar-refractivity contribution in [2.24, 2.45) is 0 Å². The Morgan fingerprint density at radius 3 is 2.78 bits per heavy atom. The fourth-order valence-electron chi connectivity index (χ4n) is 2.39. The van der Waals surface area contributed by atoms with Gasteiger partial charge in [-0.15, -0.1) is 0 Å². The summed E-state index contributed by atoms with van der Waals surface area (Å²) >= 11 is 0. The number of fused-ring (bicyclic) bond motifs is 1. The van der Waals surface area contributed by atoms with E-state index in [2.05, 4.69) is 24.5 Å². The van der Waals surface area contributed by atoms with Crippen molar-refractivity contribution >= 4 is 17.1 Å². The van der Waals surface area contributed by atoms with E-state index < -0.39 is 0 Å². The maximum atomic E-state index is 11.1. The van der Waals surface area contributed by atoms with Crippen LogP contribution in [0.15, 0.2) is 12.1 Å². The van der Waals surface area contributed by atoms with Gasteiger partial charge >= 0.3 is 0 Å². The first-order chi connectivity index (χ1) is 8.67. The molecule has 1 aromatic carbocycles. The molecule has 1 aliphatic heterocycles. The van der Waals surface area contributed by atoms with Gasteiger partial charge in [-0.3, -0.25) is 10.1 Å². The van der Waals surface area contributed by atoms with Crippen LogP contribution in [0.3, 0.4) is 0 Å². The number of hydrogen-bond donors (Lipinski definition) is 2. The molecule has 1 aliphatic rings. The van der Waals surface area contributed by atoms with E-state index in [9.17, 15) is 10.1 Å². The van der Waals surface area contributed by atoms with Gasteiger partial charge in [-0.1, -0.05) is 13.8 Å². The number of nitrogens with zero attached hydrogens (tertiary/aromatic N) is 1. The zero-order valence-electron chi connectivity index (χ0n) is 10.8. The second kappa shape index (κ2) is 5.25. The van der Waals surface area contributed by atoms with Gasteiger partial charge in [-0.05, 0) is 25.3 Å². The first-order valence-electron chi connectivity index (χ1n) is 6.48. The lowest BCUT2D eigenvalue weighted by Crippen LogP contribution is -2.18. The Kier molecular flexibility index (Phi) is 3.69. The molecule has 0 saturated heterocycles. The third kappa shape index (κ3) is 2.25. The van der Waals surface area contributed by atoms with Crippen molar-refractivity contribution in [1.82, 2.24) is 0 Å². The van der Waals surface area contributed by atoms with Gasteiger partial charge in [0.2, 0.25) is 0 Å². The summed E-state index contributed by atoms with van der Waals surface area (Å²) < 4.78 is 0. The summed E-state index contributed by atoms with van der Waals surface area (Å²) in [4.78, 5) is 10.8. The third-order valence-electron chi connectivity index (χ3n) is 3.51. The molecule has 5 heteroatoms. The Bertz CT molecular complexity index is 456. The maximum absolute atomic E-state index is 11.1. The van der Waals surface area contributed by atoms with Crippen molar-refractivity contribution in [2.45, 2.75) is 39.2 Å². The second-order valence-corrected chi connectivity index (χ2v) is 4.58. The predicted molar refractivity (Wildman–Crippen MR) is 73.3 cm³/mol. The number of benzene rings is 1. The van der Waals surface area contributed by atoms with E-state index in [1.54, 1.807) is 12.1 Å². The van der Waals surface area contributed by atoms with Gasteiger partial charge in [0.25, 0.3) is 5.69 Å². The van der Waals surface area contributed by atoms with Crippen LogP contribution in [0.1, 0.15) is 32.3 Å². The zero-order chi connectivity index (χ0) is 13.1. The van der Waals surface area contributed by atoms with E-state index in [1.807, 2.05) is 0 Å². The molecule has 0 unspecified atom stereocenters. The van der Waals surface area contributed by atoms with E-state index in [4.69, 9.17) is 0 Å². The SMILES string of the molecule is CCC(CC)Nc1c([N+](=O)[O-])ccc2c1CCN2. The molecule has 0 fully saturated rings. The van der Waals surface area contributed by atoms with E-state index in [1.165, 1.54) is 0 Å². The van der Waals surface area contributed by atoms with Crippen LogP contribution in [-0.4, -0.2) is 17.5 Å². The molecule has 2 N–H and O–H groups in total. The van der Waals surface area contributed by atoms with Gasteiger partial charge < -0.3 is 10.6 Å². The predicted octanol–water partition coefficient (Wildman–Crippen LogP) is 3.16. The average Bonchev–Trinajstić information content (AvgIpc) is 2.83. The van der Waals surface area contributed by atoms with Crippen LogP contribution >= 0.6 is 0 Å². The quantitative estimate of drug-likeness (QED) is 0.621. The van der Waals surface area contributed by atoms with Crippen LogP contribution in [0.4, 0.5) is 17.1 Å². The molecule has 18 heavy (non-hydrogen) atoms. The lowest BCUT2D eigenvalue weighted by atomic mass is 10.1. The zero-order valence-corrected chi connectivity index (χ0v) is 10.8. The summed E-state index contributed by atoms with van der Waals surface area (Å²) in [5.41, 5.74) is 2.96. The summed E-state index contributed by atoms with van der Waals surface area (Å²) in [6.45, 7) is 5.04. The maximum Gasteiger partial charge on any atom is 0.292 e. The lowest BCUT2D eigenvalue weighted by Gasteiger charge is -2.18. The van der Waals surface area contributed by atoms with Gasteiger partial charge in [0, 0.05) is 29.9 Å². The molecule has 0 bridgehead atoms. The number of nitro benzene ring substituents is 1. The number of nitro groups is 1. The van der Waals surface area contributed by atoms with Gasteiger partial charge in [0.15, 0.2) is 0 Å². The largest absolute Gasteiger partial charge is 0.384 e. The van der Waals surface area contributed by atoms with Crippen LogP contribution in [0.5, 0.6) is 0 Å². The molecule has 0 amide bonds. The highest BCUT2D eigenvalue weighted by Gasteiger charge is 2.24. The number of nitrogens with one attached hydrogen (secondary N) is 2. The minimum atomic E-state index is -0.302. The molecular weight excluding hydrogens is 230 g/mol. The van der Waals surface area contributed by atoms with Gasteiger partial charge in [-0.25, -0.2) is 0 Å². The third-order valence-corrected chi connectivity index (χ3v) is 3.51. The Labute approximate surface area is 107 Å². The molecule has 5 nitrogen and oxygen atoms in total. The molecule has 0 saturated carbocycles. The minimum absolute atomic E-state index is 0.185. The molecule has 1 heterocycles. The smallest absolute Gasteiger partial charge is 0.292 e. The van der Waals surface area contributed by atoms with Gasteiger partial charge in [0.05, 0.1) is 4.92 Å². The Balaban J connectivity index is 2.41. The lowest BCUT2D eigenvalue weighted by molar-refractivity contribution is -0.384. The van der Waals surface area contributed by atoms with Gasteiger partial charge in [0.1, 0.15) is 5.69 Å². The average molecular weight is 249 g/mol. The van der Waals surface area contributed by atoms with E-state index in [0.717, 1.165) is 37.1 Å². The molecule has 2 rings (SSSR count). The van der Waals surface area contributed by atoms with Crippen LogP contribution < -0.4 is 10.6 Å². The van der Waals surface area contributed by atoms with Crippen LogP contribution in [0.25, 0.3) is 0 Å². The first-order valence-corrected chi connectivity index (χ1v) is 6.48. The molecule has 0 radical (unpaired) electrons. The van der Waals surface area contributed by atoms with Crippen molar-refractivity contribution in [3.05, 3.63) is 27.8 Å². The standard InChI is InChI=1S/C13H19N3O2/c1-3-9(4-2)15-13-10-7-8-14-11(10)5-6-12(13)16(17)18/h5-6,9,14-15H,3-4,7-8H2,1-2H3. The highest BCUT2D eigenvalue weighted by molar-refractivity contribution is 5.77. The highest BCUT2D eigenvalue weighted by Crippen LogP contribution is 2.37. The van der Waals surface area contributed by atoms with Crippen molar-refractivity contribution in [3.63, 3.8) is 0 Å². The summed E-state index contributed by atoms with van der Waals surface area (Å²) in [7, 11) is 0. The Morgan fingerprint density at radius 1 is 1.44 bits per heavy atom. The molecule has 0 aromatic heterocycles. The Hall–Kier alpha value is -1.78. The van der Waals surface area contributed by atoms with Crippen molar-refractivity contribution in [2.75, 3.05) is 17.2 Å². The first kappa shape index (κ1) is 12.7. The minimum Gasteiger partial charge on any atom is -0.384 e. The van der Waals surface area contributed by atoms with Crippen molar-refractivity contribution in [1.29, 1.82) is 0 Å². The molecule has 0 atom stereocenters. The van der Waals surface area contributed by atoms with Crippen molar-refractivity contribution < 1.29 is 4.92 Å². The van der Waals surface area contributed by atoms with Crippen LogP contribution in [0.2, 0.25) is 0 Å². The monoisotopic (exact) mass is 249 g/mol. The molecule has 0 aliphatic carbocycles. The second-order valence-electron chi connectivity index (χ2n) is 4.58.